The Hall–Kier alpha value is -2.41. The minimum atomic E-state index is 0.882. The van der Waals surface area contributed by atoms with Crippen molar-refractivity contribution in [3.63, 3.8) is 0 Å². The Morgan fingerprint density at radius 3 is 2.20 bits per heavy atom. The number of hydrogen-bond acceptors (Lipinski definition) is 1. The summed E-state index contributed by atoms with van der Waals surface area (Å²) in [5.74, 6) is 1.80. The number of rotatable bonds is 4. The van der Waals surface area contributed by atoms with Gasteiger partial charge in [0, 0.05) is 17.3 Å². The van der Waals surface area contributed by atoms with Crippen LogP contribution in [0.1, 0.15) is 31.7 Å². The largest absolute Gasteiger partial charge is 0.256 e. The molecule has 1 heterocycles. The smallest absolute Gasteiger partial charge is 0.0702 e. The van der Waals surface area contributed by atoms with E-state index in [1.807, 2.05) is 12.3 Å². The molecule has 0 N–H and O–H groups in total. The molecule has 0 aliphatic heterocycles. The summed E-state index contributed by atoms with van der Waals surface area (Å²) in [6.45, 7) is 2.38. The average molecular weight is 327 g/mol. The van der Waals surface area contributed by atoms with Crippen molar-refractivity contribution in [3.8, 4) is 22.4 Å². The molecular weight excluding hydrogens is 302 g/mol. The van der Waals surface area contributed by atoms with Crippen LogP contribution in [0.5, 0.6) is 0 Å². The highest BCUT2D eigenvalue weighted by Crippen LogP contribution is 2.33. The van der Waals surface area contributed by atoms with Gasteiger partial charge in [0.2, 0.25) is 0 Å². The van der Waals surface area contributed by atoms with Crippen LogP contribution in [-0.2, 0) is 6.42 Å². The fraction of sp³-hybridized carbons (Fsp3) is 0.292. The molecule has 0 saturated heterocycles. The van der Waals surface area contributed by atoms with Crippen molar-refractivity contribution in [2.75, 3.05) is 0 Å². The highest BCUT2D eigenvalue weighted by Gasteiger charge is 2.21. The zero-order valence-corrected chi connectivity index (χ0v) is 14.9. The summed E-state index contributed by atoms with van der Waals surface area (Å²) < 4.78 is 0. The third-order valence-corrected chi connectivity index (χ3v) is 5.45. The van der Waals surface area contributed by atoms with E-state index in [1.54, 1.807) is 0 Å². The first-order valence-corrected chi connectivity index (χ1v) is 9.39. The molecule has 1 heteroatoms. The van der Waals surface area contributed by atoms with Gasteiger partial charge in [-0.2, -0.15) is 0 Å². The van der Waals surface area contributed by atoms with Crippen LogP contribution in [0.25, 0.3) is 22.4 Å². The van der Waals surface area contributed by atoms with E-state index in [4.69, 9.17) is 0 Å². The maximum absolute atomic E-state index is 4.64. The molecule has 0 amide bonds. The molecule has 1 aliphatic rings. The Labute approximate surface area is 150 Å². The Balaban J connectivity index is 1.46. The van der Waals surface area contributed by atoms with Crippen LogP contribution in [0.2, 0.25) is 0 Å². The Morgan fingerprint density at radius 2 is 1.56 bits per heavy atom. The van der Waals surface area contributed by atoms with Gasteiger partial charge in [-0.1, -0.05) is 74.0 Å². The first-order chi connectivity index (χ1) is 12.3. The molecule has 1 nitrogen and oxygen atoms in total. The number of hydrogen-bond donors (Lipinski definition) is 0. The molecule has 0 bridgehead atoms. The molecule has 126 valence electrons. The SMILES string of the molecule is CC1CCC(Cc2ccc(-c3ccc(-c4ccccc4)nc3)cc2)C1. The minimum absolute atomic E-state index is 0.882. The minimum Gasteiger partial charge on any atom is -0.256 e. The van der Waals surface area contributed by atoms with Gasteiger partial charge in [0.1, 0.15) is 0 Å². The van der Waals surface area contributed by atoms with Gasteiger partial charge < -0.3 is 0 Å². The lowest BCUT2D eigenvalue weighted by Gasteiger charge is -2.10. The fourth-order valence-corrected chi connectivity index (χ4v) is 4.02. The highest BCUT2D eigenvalue weighted by molar-refractivity contribution is 5.66. The molecule has 1 saturated carbocycles. The van der Waals surface area contributed by atoms with Gasteiger partial charge in [-0.15, -0.1) is 0 Å². The first kappa shape index (κ1) is 16.1. The second-order valence-electron chi connectivity index (χ2n) is 7.48. The molecule has 2 atom stereocenters. The third kappa shape index (κ3) is 3.82. The summed E-state index contributed by atoms with van der Waals surface area (Å²) in [6.07, 6.45) is 7.41. The molecule has 2 unspecified atom stereocenters. The van der Waals surface area contributed by atoms with Gasteiger partial charge >= 0.3 is 0 Å². The van der Waals surface area contributed by atoms with Crippen molar-refractivity contribution < 1.29 is 0 Å². The topological polar surface area (TPSA) is 12.9 Å². The second kappa shape index (κ2) is 7.23. The fourth-order valence-electron chi connectivity index (χ4n) is 4.02. The number of pyridine rings is 1. The zero-order chi connectivity index (χ0) is 17.1. The molecule has 1 aliphatic carbocycles. The number of benzene rings is 2. The lowest BCUT2D eigenvalue weighted by atomic mass is 9.95. The lowest BCUT2D eigenvalue weighted by molar-refractivity contribution is 0.513. The summed E-state index contributed by atoms with van der Waals surface area (Å²) in [7, 11) is 0. The summed E-state index contributed by atoms with van der Waals surface area (Å²) >= 11 is 0. The van der Waals surface area contributed by atoms with E-state index in [9.17, 15) is 0 Å². The summed E-state index contributed by atoms with van der Waals surface area (Å²) in [6, 6.07) is 23.7. The third-order valence-electron chi connectivity index (χ3n) is 5.45. The number of aromatic nitrogens is 1. The van der Waals surface area contributed by atoms with Gasteiger partial charge in [-0.25, -0.2) is 0 Å². The van der Waals surface area contributed by atoms with Gasteiger partial charge in [-0.3, -0.25) is 4.98 Å². The van der Waals surface area contributed by atoms with E-state index in [0.29, 0.717) is 0 Å². The van der Waals surface area contributed by atoms with E-state index >= 15 is 0 Å². The summed E-state index contributed by atoms with van der Waals surface area (Å²) in [4.78, 5) is 4.64. The van der Waals surface area contributed by atoms with E-state index < -0.39 is 0 Å². The van der Waals surface area contributed by atoms with Crippen LogP contribution >= 0.6 is 0 Å². The van der Waals surface area contributed by atoms with Crippen LogP contribution in [0.3, 0.4) is 0 Å². The standard InChI is InChI=1S/C24H25N/c1-18-7-8-20(15-18)16-19-9-11-21(12-10-19)23-13-14-24(25-17-23)22-5-3-2-4-6-22/h2-6,9-14,17-18,20H,7-8,15-16H2,1H3. The molecule has 1 aromatic heterocycles. The maximum Gasteiger partial charge on any atom is 0.0702 e. The van der Waals surface area contributed by atoms with Crippen molar-refractivity contribution >= 4 is 0 Å². The Bertz CT molecular complexity index is 803. The van der Waals surface area contributed by atoms with Crippen LogP contribution in [0.4, 0.5) is 0 Å². The van der Waals surface area contributed by atoms with Crippen LogP contribution in [0, 0.1) is 11.8 Å². The first-order valence-electron chi connectivity index (χ1n) is 9.39. The molecule has 0 radical (unpaired) electrons. The molecular formula is C24H25N. The monoisotopic (exact) mass is 327 g/mol. The van der Waals surface area contributed by atoms with E-state index in [-0.39, 0.29) is 0 Å². The van der Waals surface area contributed by atoms with Crippen LogP contribution in [0.15, 0.2) is 72.9 Å². The highest BCUT2D eigenvalue weighted by atomic mass is 14.7. The zero-order valence-electron chi connectivity index (χ0n) is 14.9. The summed E-state index contributed by atoms with van der Waals surface area (Å²) in [5, 5.41) is 0. The molecule has 25 heavy (non-hydrogen) atoms. The van der Waals surface area contributed by atoms with Crippen molar-refractivity contribution in [1.29, 1.82) is 0 Å². The maximum atomic E-state index is 4.64. The Morgan fingerprint density at radius 1 is 0.800 bits per heavy atom. The number of nitrogens with zero attached hydrogens (tertiary/aromatic N) is 1. The van der Waals surface area contributed by atoms with E-state index in [2.05, 4.69) is 72.6 Å². The normalized spacial score (nSPS) is 19.9. The Kier molecular flexibility index (Phi) is 4.65. The van der Waals surface area contributed by atoms with E-state index in [1.165, 1.54) is 42.4 Å². The van der Waals surface area contributed by atoms with E-state index in [0.717, 1.165) is 23.1 Å². The van der Waals surface area contributed by atoms with Crippen molar-refractivity contribution in [1.82, 2.24) is 4.98 Å². The van der Waals surface area contributed by atoms with Crippen molar-refractivity contribution in [2.24, 2.45) is 11.8 Å². The lowest BCUT2D eigenvalue weighted by Crippen LogP contribution is -1.99. The van der Waals surface area contributed by atoms with Gasteiger partial charge in [0.15, 0.2) is 0 Å². The second-order valence-corrected chi connectivity index (χ2v) is 7.48. The van der Waals surface area contributed by atoms with Gasteiger partial charge in [-0.05, 0) is 48.3 Å². The molecule has 0 spiro atoms. The van der Waals surface area contributed by atoms with Crippen molar-refractivity contribution in [3.05, 3.63) is 78.5 Å². The predicted octanol–water partition coefficient (Wildman–Crippen LogP) is 6.39. The van der Waals surface area contributed by atoms with Gasteiger partial charge in [0.05, 0.1) is 5.69 Å². The van der Waals surface area contributed by atoms with Gasteiger partial charge in [0.25, 0.3) is 0 Å². The van der Waals surface area contributed by atoms with Crippen LogP contribution < -0.4 is 0 Å². The molecule has 4 rings (SSSR count). The molecule has 2 aromatic carbocycles. The van der Waals surface area contributed by atoms with Crippen LogP contribution in [-0.4, -0.2) is 4.98 Å². The predicted molar refractivity (Wildman–Crippen MR) is 105 cm³/mol. The quantitative estimate of drug-likeness (QED) is 0.540. The molecule has 3 aromatic rings. The average Bonchev–Trinajstić information content (AvgIpc) is 3.08. The molecule has 1 fully saturated rings. The summed E-state index contributed by atoms with van der Waals surface area (Å²) in [5.41, 5.74) is 6.08. The van der Waals surface area contributed by atoms with Crippen molar-refractivity contribution in [2.45, 2.75) is 32.6 Å².